The molecule has 2 aromatic heterocycles. The zero-order valence-electron chi connectivity index (χ0n) is 8.67. The van der Waals surface area contributed by atoms with Crippen LogP contribution >= 0.6 is 11.6 Å². The Balaban J connectivity index is 1.88. The molecular weight excluding hydrogens is 246 g/mol. The molecule has 1 atom stereocenters. The van der Waals surface area contributed by atoms with Gasteiger partial charge in [0.25, 0.3) is 5.89 Å². The Kier molecular flexibility index (Phi) is 2.36. The molecule has 0 bridgehead atoms. The molecule has 0 saturated carbocycles. The van der Waals surface area contributed by atoms with Crippen molar-refractivity contribution in [1.29, 1.82) is 0 Å². The number of hydrogen-bond donors (Lipinski definition) is 0. The molecule has 6 nitrogen and oxygen atoms in total. The number of rotatable bonds is 2. The lowest BCUT2D eigenvalue weighted by Gasteiger charge is -2.08. The summed E-state index contributed by atoms with van der Waals surface area (Å²) in [6, 6.07) is 3.58. The number of halogens is 1. The minimum absolute atomic E-state index is 0.111. The fourth-order valence-electron chi connectivity index (χ4n) is 1.67. The smallest absolute Gasteiger partial charge is 0.325 e. The van der Waals surface area contributed by atoms with E-state index >= 15 is 0 Å². The third-order valence-corrected chi connectivity index (χ3v) is 2.75. The minimum atomic E-state index is -0.207. The van der Waals surface area contributed by atoms with E-state index in [9.17, 15) is 4.79 Å². The van der Waals surface area contributed by atoms with E-state index in [-0.39, 0.29) is 23.2 Å². The van der Waals surface area contributed by atoms with Crippen molar-refractivity contribution < 1.29 is 13.6 Å². The maximum Gasteiger partial charge on any atom is 0.325 e. The summed E-state index contributed by atoms with van der Waals surface area (Å²) < 4.78 is 10.5. The summed E-state index contributed by atoms with van der Waals surface area (Å²) in [7, 11) is 0. The predicted molar refractivity (Wildman–Crippen MR) is 58.6 cm³/mol. The molecule has 2 aromatic rings. The van der Waals surface area contributed by atoms with Crippen molar-refractivity contribution in [1.82, 2.24) is 10.2 Å². The molecule has 0 N–H and O–H groups in total. The SMILES string of the molecule is O=C1CC(Cl)CN1c1nnc(-c2ccco2)o1. The second-order valence-electron chi connectivity index (χ2n) is 3.67. The fraction of sp³-hybridized carbons (Fsp3) is 0.300. The molecule has 1 amide bonds. The van der Waals surface area contributed by atoms with Crippen LogP contribution in [0.5, 0.6) is 0 Å². The van der Waals surface area contributed by atoms with Crippen molar-refractivity contribution in [2.75, 3.05) is 11.4 Å². The molecule has 3 rings (SSSR count). The van der Waals surface area contributed by atoms with Gasteiger partial charge in [0.2, 0.25) is 5.91 Å². The van der Waals surface area contributed by atoms with Gasteiger partial charge in [-0.05, 0) is 12.1 Å². The number of alkyl halides is 1. The van der Waals surface area contributed by atoms with Crippen molar-refractivity contribution in [3.05, 3.63) is 18.4 Å². The van der Waals surface area contributed by atoms with Crippen molar-refractivity contribution in [3.63, 3.8) is 0 Å². The average Bonchev–Trinajstić information content (AvgIpc) is 2.97. The first-order valence-electron chi connectivity index (χ1n) is 5.06. The van der Waals surface area contributed by atoms with Crippen LogP contribution < -0.4 is 4.90 Å². The molecule has 3 heterocycles. The van der Waals surface area contributed by atoms with E-state index in [1.165, 1.54) is 11.2 Å². The zero-order valence-corrected chi connectivity index (χ0v) is 9.42. The largest absolute Gasteiger partial charge is 0.459 e. The summed E-state index contributed by atoms with van der Waals surface area (Å²) in [5.41, 5.74) is 0. The Bertz CT molecular complexity index is 537. The van der Waals surface area contributed by atoms with Gasteiger partial charge in [0.1, 0.15) is 0 Å². The molecule has 88 valence electrons. The lowest BCUT2D eigenvalue weighted by Crippen LogP contribution is -2.24. The van der Waals surface area contributed by atoms with Gasteiger partial charge in [0.05, 0.1) is 11.6 Å². The highest BCUT2D eigenvalue weighted by Crippen LogP contribution is 2.26. The summed E-state index contributed by atoms with van der Waals surface area (Å²) in [4.78, 5) is 13.0. The molecule has 0 aliphatic carbocycles. The van der Waals surface area contributed by atoms with Gasteiger partial charge in [-0.15, -0.1) is 16.7 Å². The molecule has 0 spiro atoms. The number of aromatic nitrogens is 2. The zero-order chi connectivity index (χ0) is 11.8. The molecule has 1 aliphatic rings. The van der Waals surface area contributed by atoms with Gasteiger partial charge in [0, 0.05) is 13.0 Å². The average molecular weight is 254 g/mol. The first-order chi connectivity index (χ1) is 8.24. The van der Waals surface area contributed by atoms with Gasteiger partial charge in [-0.2, -0.15) is 0 Å². The van der Waals surface area contributed by atoms with Gasteiger partial charge < -0.3 is 8.83 Å². The molecule has 1 saturated heterocycles. The van der Waals surface area contributed by atoms with Crippen LogP contribution in [0.4, 0.5) is 6.01 Å². The standard InChI is InChI=1S/C10H8ClN3O3/c11-6-4-8(15)14(5-6)10-13-12-9(17-10)7-2-1-3-16-7/h1-3,6H,4-5H2. The number of anilines is 1. The number of furan rings is 1. The third-order valence-electron chi connectivity index (χ3n) is 2.46. The van der Waals surface area contributed by atoms with Crippen LogP contribution in [0.15, 0.2) is 27.2 Å². The first kappa shape index (κ1) is 10.3. The normalized spacial score (nSPS) is 20.2. The van der Waals surface area contributed by atoms with Crippen molar-refractivity contribution >= 4 is 23.5 Å². The lowest BCUT2D eigenvalue weighted by molar-refractivity contribution is -0.117. The van der Waals surface area contributed by atoms with E-state index in [1.807, 2.05) is 0 Å². The van der Waals surface area contributed by atoms with E-state index in [1.54, 1.807) is 12.1 Å². The van der Waals surface area contributed by atoms with Gasteiger partial charge in [-0.25, -0.2) is 0 Å². The van der Waals surface area contributed by atoms with E-state index in [0.717, 1.165) is 0 Å². The summed E-state index contributed by atoms with van der Waals surface area (Å²) in [6.07, 6.45) is 1.80. The summed E-state index contributed by atoms with van der Waals surface area (Å²) in [5.74, 6) is 0.605. The minimum Gasteiger partial charge on any atom is -0.459 e. The quantitative estimate of drug-likeness (QED) is 0.762. The number of amides is 1. The summed E-state index contributed by atoms with van der Waals surface area (Å²) >= 11 is 5.89. The van der Waals surface area contributed by atoms with E-state index in [2.05, 4.69) is 10.2 Å². The molecule has 0 aromatic carbocycles. The van der Waals surface area contributed by atoms with Crippen LogP contribution in [0.25, 0.3) is 11.7 Å². The van der Waals surface area contributed by atoms with E-state index in [4.69, 9.17) is 20.4 Å². The Morgan fingerprint density at radius 2 is 2.35 bits per heavy atom. The summed E-state index contributed by atoms with van der Waals surface area (Å²) in [6.45, 7) is 0.389. The number of carbonyl (C=O) groups excluding carboxylic acids is 1. The lowest BCUT2D eigenvalue weighted by atomic mass is 10.4. The van der Waals surface area contributed by atoms with E-state index < -0.39 is 0 Å². The van der Waals surface area contributed by atoms with Gasteiger partial charge in [-0.1, -0.05) is 5.10 Å². The second-order valence-corrected chi connectivity index (χ2v) is 4.29. The highest BCUT2D eigenvalue weighted by Gasteiger charge is 2.32. The number of nitrogens with zero attached hydrogens (tertiary/aromatic N) is 3. The Morgan fingerprint density at radius 1 is 1.47 bits per heavy atom. The molecular formula is C10H8ClN3O3. The fourth-order valence-corrected chi connectivity index (χ4v) is 1.94. The molecule has 0 radical (unpaired) electrons. The van der Waals surface area contributed by atoms with Gasteiger partial charge in [0.15, 0.2) is 5.76 Å². The molecule has 1 fully saturated rings. The maximum atomic E-state index is 11.6. The van der Waals surface area contributed by atoms with E-state index in [0.29, 0.717) is 18.7 Å². The highest BCUT2D eigenvalue weighted by atomic mass is 35.5. The van der Waals surface area contributed by atoms with Crippen molar-refractivity contribution in [2.45, 2.75) is 11.8 Å². The Labute approximate surface area is 101 Å². The van der Waals surface area contributed by atoms with Crippen LogP contribution in [-0.4, -0.2) is 28.0 Å². The third kappa shape index (κ3) is 1.80. The van der Waals surface area contributed by atoms with Crippen LogP contribution in [0.1, 0.15) is 6.42 Å². The first-order valence-corrected chi connectivity index (χ1v) is 5.49. The Hall–Kier alpha value is -1.82. The Morgan fingerprint density at radius 3 is 3.00 bits per heavy atom. The van der Waals surface area contributed by atoms with Crippen molar-refractivity contribution in [3.8, 4) is 11.7 Å². The van der Waals surface area contributed by atoms with Crippen LogP contribution in [0.2, 0.25) is 0 Å². The molecule has 1 unspecified atom stereocenters. The number of carbonyl (C=O) groups is 1. The van der Waals surface area contributed by atoms with Crippen LogP contribution in [0.3, 0.4) is 0 Å². The summed E-state index contributed by atoms with van der Waals surface area (Å²) in [5, 5.41) is 7.42. The maximum absolute atomic E-state index is 11.6. The monoisotopic (exact) mass is 253 g/mol. The highest BCUT2D eigenvalue weighted by molar-refractivity contribution is 6.24. The molecule has 17 heavy (non-hydrogen) atoms. The van der Waals surface area contributed by atoms with Gasteiger partial charge in [-0.3, -0.25) is 9.69 Å². The van der Waals surface area contributed by atoms with Crippen LogP contribution in [-0.2, 0) is 4.79 Å². The second kappa shape index (κ2) is 3.89. The van der Waals surface area contributed by atoms with Crippen molar-refractivity contribution in [2.24, 2.45) is 0 Å². The van der Waals surface area contributed by atoms with Crippen LogP contribution in [0, 0.1) is 0 Å². The predicted octanol–water partition coefficient (Wildman–Crippen LogP) is 1.67. The topological polar surface area (TPSA) is 72.4 Å². The molecule has 1 aliphatic heterocycles. The molecule has 7 heteroatoms. The number of hydrogen-bond acceptors (Lipinski definition) is 5. The van der Waals surface area contributed by atoms with Gasteiger partial charge >= 0.3 is 6.01 Å².